The molecule has 0 aromatic rings. The third kappa shape index (κ3) is 3.49. The van der Waals surface area contributed by atoms with Gasteiger partial charge in [-0.1, -0.05) is 26.0 Å². The third-order valence-electron chi connectivity index (χ3n) is 3.48. The number of piperazine rings is 1. The first-order valence-electron chi connectivity index (χ1n) is 6.94. The second kappa shape index (κ2) is 6.08. The Labute approximate surface area is 114 Å². The lowest BCUT2D eigenvalue weighted by Gasteiger charge is -2.37. The highest BCUT2D eigenvalue weighted by atomic mass is 16.6. The number of ether oxygens (including phenoxy) is 1. The van der Waals surface area contributed by atoms with E-state index in [1.807, 2.05) is 18.7 Å². The minimum absolute atomic E-state index is 0.0291. The molecule has 1 heterocycles. The van der Waals surface area contributed by atoms with Gasteiger partial charge in [-0.2, -0.15) is 0 Å². The van der Waals surface area contributed by atoms with Crippen LogP contribution in [0.2, 0.25) is 0 Å². The minimum atomic E-state index is -0.369. The molecule has 0 spiro atoms. The van der Waals surface area contributed by atoms with Crippen LogP contribution in [0.1, 0.15) is 26.7 Å². The van der Waals surface area contributed by atoms with Gasteiger partial charge < -0.3 is 9.64 Å². The van der Waals surface area contributed by atoms with Crippen molar-refractivity contribution in [3.05, 3.63) is 12.2 Å². The number of carbonyl (C=O) groups is 2. The van der Waals surface area contributed by atoms with Crippen molar-refractivity contribution >= 4 is 12.0 Å². The van der Waals surface area contributed by atoms with E-state index < -0.39 is 0 Å². The number of carbonyl (C=O) groups excluding carboxylic acids is 2. The first-order valence-corrected chi connectivity index (χ1v) is 6.94. The zero-order valence-electron chi connectivity index (χ0n) is 11.7. The van der Waals surface area contributed by atoms with Gasteiger partial charge in [0.25, 0.3) is 0 Å². The molecule has 1 aliphatic heterocycles. The lowest BCUT2D eigenvalue weighted by Crippen LogP contribution is -2.55. The third-order valence-corrected chi connectivity index (χ3v) is 3.48. The quantitative estimate of drug-likeness (QED) is 0.730. The lowest BCUT2D eigenvalue weighted by molar-refractivity contribution is -0.137. The number of hydrogen-bond acceptors (Lipinski definition) is 3. The molecule has 5 nitrogen and oxygen atoms in total. The number of nitrogens with zero attached hydrogens (tertiary/aromatic N) is 2. The van der Waals surface area contributed by atoms with Crippen LogP contribution in [0.4, 0.5) is 4.79 Å². The van der Waals surface area contributed by atoms with E-state index in [1.165, 1.54) is 4.90 Å². The van der Waals surface area contributed by atoms with Crippen molar-refractivity contribution in [1.29, 1.82) is 0 Å². The van der Waals surface area contributed by atoms with E-state index >= 15 is 0 Å². The first-order chi connectivity index (χ1) is 9.08. The van der Waals surface area contributed by atoms with E-state index in [2.05, 4.69) is 12.2 Å². The maximum Gasteiger partial charge on any atom is 0.410 e. The molecule has 0 unspecified atom stereocenters. The van der Waals surface area contributed by atoms with Gasteiger partial charge in [-0.3, -0.25) is 9.69 Å². The van der Waals surface area contributed by atoms with Crippen LogP contribution in [0.15, 0.2) is 12.2 Å². The molecule has 19 heavy (non-hydrogen) atoms. The Hall–Kier alpha value is -1.52. The lowest BCUT2D eigenvalue weighted by atomic mass is 10.1. The zero-order valence-corrected chi connectivity index (χ0v) is 11.7. The van der Waals surface area contributed by atoms with E-state index in [4.69, 9.17) is 4.74 Å². The van der Waals surface area contributed by atoms with Crippen LogP contribution < -0.4 is 0 Å². The molecular formula is C14H22N2O3. The van der Waals surface area contributed by atoms with Gasteiger partial charge in [0.2, 0.25) is 5.91 Å². The normalized spacial score (nSPS) is 20.5. The van der Waals surface area contributed by atoms with Crippen molar-refractivity contribution in [2.24, 2.45) is 5.92 Å². The summed E-state index contributed by atoms with van der Waals surface area (Å²) in [7, 11) is 0. The number of hydrogen-bond donors (Lipinski definition) is 0. The molecule has 0 aromatic carbocycles. The van der Waals surface area contributed by atoms with Crippen molar-refractivity contribution in [2.75, 3.05) is 26.2 Å². The fourth-order valence-corrected chi connectivity index (χ4v) is 2.41. The van der Waals surface area contributed by atoms with Gasteiger partial charge in [0.1, 0.15) is 6.54 Å². The summed E-state index contributed by atoms with van der Waals surface area (Å²) in [4.78, 5) is 27.3. The fourth-order valence-electron chi connectivity index (χ4n) is 2.41. The highest BCUT2D eigenvalue weighted by Crippen LogP contribution is 2.19. The molecule has 1 saturated heterocycles. The maximum atomic E-state index is 12.1. The Morgan fingerprint density at radius 2 is 2.05 bits per heavy atom. The molecule has 0 bridgehead atoms. The molecule has 0 N–H and O–H groups in total. The molecule has 2 amide bonds. The van der Waals surface area contributed by atoms with Crippen molar-refractivity contribution in [3.8, 4) is 0 Å². The Balaban J connectivity index is 1.82. The topological polar surface area (TPSA) is 49.9 Å². The molecule has 5 heteroatoms. The molecule has 1 fully saturated rings. The molecule has 106 valence electrons. The van der Waals surface area contributed by atoms with Crippen LogP contribution in [0.25, 0.3) is 0 Å². The summed E-state index contributed by atoms with van der Waals surface area (Å²) in [6.07, 6.45) is 5.72. The summed E-state index contributed by atoms with van der Waals surface area (Å²) in [5.41, 5.74) is 0. The van der Waals surface area contributed by atoms with Gasteiger partial charge in [-0.05, 0) is 18.8 Å². The van der Waals surface area contributed by atoms with Gasteiger partial charge in [-0.15, -0.1) is 0 Å². The maximum absolute atomic E-state index is 12.1. The average molecular weight is 266 g/mol. The van der Waals surface area contributed by atoms with Crippen molar-refractivity contribution < 1.29 is 14.3 Å². The summed E-state index contributed by atoms with van der Waals surface area (Å²) < 4.78 is 5.16. The van der Waals surface area contributed by atoms with Gasteiger partial charge in [0.15, 0.2) is 0 Å². The van der Waals surface area contributed by atoms with Crippen LogP contribution in [0, 0.1) is 5.92 Å². The molecule has 2 rings (SSSR count). The van der Waals surface area contributed by atoms with Crippen LogP contribution >= 0.6 is 0 Å². The minimum Gasteiger partial charge on any atom is -0.449 e. The fraction of sp³-hybridized carbons (Fsp3) is 0.714. The average Bonchev–Trinajstić information content (AvgIpc) is 2.89. The highest BCUT2D eigenvalue weighted by molar-refractivity contribution is 5.83. The predicted octanol–water partition coefficient (Wildman–Crippen LogP) is 1.64. The summed E-state index contributed by atoms with van der Waals surface area (Å²) in [5.74, 6) is 0.340. The van der Waals surface area contributed by atoms with E-state index in [-0.39, 0.29) is 18.5 Å². The van der Waals surface area contributed by atoms with Gasteiger partial charge in [0, 0.05) is 19.1 Å². The molecule has 0 saturated carbocycles. The molecule has 0 aromatic heterocycles. The largest absolute Gasteiger partial charge is 0.449 e. The summed E-state index contributed by atoms with van der Waals surface area (Å²) in [5, 5.41) is 0. The molecular weight excluding hydrogens is 244 g/mol. The standard InChI is InChI=1S/C14H22N2O3/c1-11(2)10-19-14(18)15-7-8-16(13(17)9-15)12-5-3-4-6-12/h3-4,11-12H,5-10H2,1-2H3. The first kappa shape index (κ1) is 13.9. The van der Waals surface area contributed by atoms with E-state index in [0.29, 0.717) is 31.7 Å². The van der Waals surface area contributed by atoms with Crippen molar-refractivity contribution in [2.45, 2.75) is 32.7 Å². The second-order valence-electron chi connectivity index (χ2n) is 5.58. The van der Waals surface area contributed by atoms with Crippen LogP contribution in [-0.4, -0.2) is 54.1 Å². The smallest absolute Gasteiger partial charge is 0.410 e. The molecule has 0 atom stereocenters. The Morgan fingerprint density at radius 1 is 1.37 bits per heavy atom. The number of rotatable bonds is 3. The highest BCUT2D eigenvalue weighted by Gasteiger charge is 2.32. The SMILES string of the molecule is CC(C)COC(=O)N1CCN(C2CC=CC2)C(=O)C1. The summed E-state index contributed by atoms with van der Waals surface area (Å²) in [6, 6.07) is 0.293. The van der Waals surface area contributed by atoms with E-state index in [1.54, 1.807) is 0 Å². The number of amides is 2. The predicted molar refractivity (Wildman–Crippen MR) is 71.6 cm³/mol. The Bertz CT molecular complexity index is 371. The van der Waals surface area contributed by atoms with Gasteiger partial charge >= 0.3 is 6.09 Å². The van der Waals surface area contributed by atoms with Crippen molar-refractivity contribution in [3.63, 3.8) is 0 Å². The van der Waals surface area contributed by atoms with Gasteiger partial charge in [0.05, 0.1) is 6.61 Å². The molecule has 1 aliphatic carbocycles. The summed E-state index contributed by atoms with van der Waals surface area (Å²) >= 11 is 0. The van der Waals surface area contributed by atoms with Gasteiger partial charge in [-0.25, -0.2) is 4.79 Å². The monoisotopic (exact) mass is 266 g/mol. The summed E-state index contributed by atoms with van der Waals surface area (Å²) in [6.45, 7) is 5.71. The Morgan fingerprint density at radius 3 is 2.63 bits per heavy atom. The zero-order chi connectivity index (χ0) is 13.8. The molecule has 2 aliphatic rings. The van der Waals surface area contributed by atoms with Crippen molar-refractivity contribution in [1.82, 2.24) is 9.80 Å². The van der Waals surface area contributed by atoms with Crippen LogP contribution in [-0.2, 0) is 9.53 Å². The molecule has 0 radical (unpaired) electrons. The Kier molecular flexibility index (Phi) is 4.45. The van der Waals surface area contributed by atoms with E-state index in [0.717, 1.165) is 12.8 Å². The van der Waals surface area contributed by atoms with E-state index in [9.17, 15) is 9.59 Å². The second-order valence-corrected chi connectivity index (χ2v) is 5.58. The van der Waals surface area contributed by atoms with Crippen LogP contribution in [0.3, 0.4) is 0 Å². The van der Waals surface area contributed by atoms with Crippen LogP contribution in [0.5, 0.6) is 0 Å².